The molecule has 3 aliphatic carbocycles. The number of hydrogen-bond donors (Lipinski definition) is 6. The third kappa shape index (κ3) is 4.05. The summed E-state index contributed by atoms with van der Waals surface area (Å²) >= 11 is 0. The summed E-state index contributed by atoms with van der Waals surface area (Å²) in [6, 6.07) is 7.27. The van der Waals surface area contributed by atoms with Crippen LogP contribution in [0.3, 0.4) is 0 Å². The van der Waals surface area contributed by atoms with Crippen LogP contribution in [-0.2, 0) is 20.6 Å². The van der Waals surface area contributed by atoms with Crippen LogP contribution < -0.4 is 5.73 Å². The average molecular weight is 572 g/mol. The van der Waals surface area contributed by atoms with Crippen LogP contribution >= 0.6 is 0 Å². The lowest BCUT2D eigenvalue weighted by atomic mass is 9.55. The molecule has 2 aromatic carbocycles. The van der Waals surface area contributed by atoms with Crippen LogP contribution in [0.25, 0.3) is 17.9 Å². The minimum atomic E-state index is -4.50. The highest BCUT2D eigenvalue weighted by atomic mass is 19.4. The number of carbonyl (C=O) groups is 3. The number of primary amides is 1. The molecule has 1 fully saturated rings. The zero-order valence-corrected chi connectivity index (χ0v) is 21.3. The van der Waals surface area contributed by atoms with Crippen LogP contribution in [-0.4, -0.2) is 54.7 Å². The lowest BCUT2D eigenvalue weighted by Crippen LogP contribution is -2.63. The standard InChI is InChI=1S/C29H24F3NO8/c1-11-15-9-6-13(5-2-12-3-7-14(8-4-12)29(30,31)32)22(35)19(15)24(37)21-18(11)23(36)16-10-17(34)20(27(33)40)25(38)28(16,41)26(21)39/h2-9,11,16,18,23,35-38,41H,10H2,1H3,(H2,33,40)/b5-2+. The molecule has 41 heavy (non-hydrogen) atoms. The summed E-state index contributed by atoms with van der Waals surface area (Å²) in [6.45, 7) is 1.60. The van der Waals surface area contributed by atoms with Gasteiger partial charge in [-0.1, -0.05) is 43.3 Å². The van der Waals surface area contributed by atoms with Crippen LogP contribution in [0, 0.1) is 11.8 Å². The Balaban J connectivity index is 1.61. The molecule has 9 nitrogen and oxygen atoms in total. The third-order valence-electron chi connectivity index (χ3n) is 8.23. The Labute approximate surface area is 230 Å². The van der Waals surface area contributed by atoms with E-state index in [0.29, 0.717) is 11.1 Å². The van der Waals surface area contributed by atoms with Crippen molar-refractivity contribution in [1.29, 1.82) is 0 Å². The van der Waals surface area contributed by atoms with Crippen LogP contribution in [0.5, 0.6) is 5.75 Å². The number of carbonyl (C=O) groups excluding carboxylic acids is 3. The largest absolute Gasteiger partial charge is 0.508 e. The third-order valence-corrected chi connectivity index (χ3v) is 8.23. The number of phenolic OH excluding ortho intramolecular Hbond substituents is 1. The number of fused-ring (bicyclic) bond motifs is 3. The maximum absolute atomic E-state index is 13.7. The zero-order chi connectivity index (χ0) is 30.2. The molecular formula is C29H24F3NO8. The molecule has 7 N–H and O–H groups in total. The van der Waals surface area contributed by atoms with E-state index in [9.17, 15) is 53.1 Å². The van der Waals surface area contributed by atoms with Gasteiger partial charge in [0.15, 0.2) is 11.4 Å². The summed E-state index contributed by atoms with van der Waals surface area (Å²) in [5, 5.41) is 55.7. The van der Waals surface area contributed by atoms with Crippen molar-refractivity contribution in [3.8, 4) is 5.75 Å². The Bertz CT molecular complexity index is 1600. The van der Waals surface area contributed by atoms with Crippen LogP contribution in [0.1, 0.15) is 47.1 Å². The summed E-state index contributed by atoms with van der Waals surface area (Å²) in [5.41, 5.74) is 0.556. The average Bonchev–Trinajstić information content (AvgIpc) is 2.90. The first-order chi connectivity index (χ1) is 19.1. The summed E-state index contributed by atoms with van der Waals surface area (Å²) < 4.78 is 38.5. The van der Waals surface area contributed by atoms with Gasteiger partial charge < -0.3 is 31.3 Å². The molecule has 214 valence electrons. The SMILES string of the molecule is CC1c2ccc(/C=C/c3ccc(C(F)(F)F)cc3)c(O)c2C(O)=C2C(=O)C3(O)C(O)=C(C(N)=O)C(=O)CC3C(O)C21. The number of halogens is 3. The van der Waals surface area contributed by atoms with E-state index in [1.807, 2.05) is 0 Å². The van der Waals surface area contributed by atoms with Gasteiger partial charge in [0.25, 0.3) is 5.91 Å². The molecule has 0 heterocycles. The molecule has 5 unspecified atom stereocenters. The second kappa shape index (κ2) is 9.32. The normalized spacial score (nSPS) is 28.0. The Hall–Kier alpha value is -4.42. The van der Waals surface area contributed by atoms with E-state index in [0.717, 1.165) is 12.1 Å². The molecular weight excluding hydrogens is 547 g/mol. The molecule has 0 aromatic heterocycles. The highest BCUT2D eigenvalue weighted by Crippen LogP contribution is 2.55. The molecule has 3 aliphatic rings. The number of alkyl halides is 3. The van der Waals surface area contributed by atoms with Gasteiger partial charge in [-0.25, -0.2) is 0 Å². The van der Waals surface area contributed by atoms with Gasteiger partial charge in [0.1, 0.15) is 22.8 Å². The van der Waals surface area contributed by atoms with Crippen molar-refractivity contribution in [3.63, 3.8) is 0 Å². The molecule has 0 radical (unpaired) electrons. The lowest BCUT2D eigenvalue weighted by Gasteiger charge is -2.50. The predicted molar refractivity (Wildman–Crippen MR) is 138 cm³/mol. The highest BCUT2D eigenvalue weighted by molar-refractivity contribution is 6.23. The molecule has 0 bridgehead atoms. The van der Waals surface area contributed by atoms with E-state index < -0.39 is 93.5 Å². The summed E-state index contributed by atoms with van der Waals surface area (Å²) in [5.74, 6) is -9.63. The smallest absolute Gasteiger partial charge is 0.416 e. The fourth-order valence-corrected chi connectivity index (χ4v) is 6.12. The molecule has 2 aromatic rings. The first-order valence-corrected chi connectivity index (χ1v) is 12.5. The number of aliphatic hydroxyl groups is 4. The van der Waals surface area contributed by atoms with Crippen molar-refractivity contribution < 1.29 is 53.1 Å². The maximum Gasteiger partial charge on any atom is 0.416 e. The Morgan fingerprint density at radius 1 is 1.05 bits per heavy atom. The van der Waals surface area contributed by atoms with Crippen LogP contribution in [0.4, 0.5) is 13.2 Å². The van der Waals surface area contributed by atoms with Crippen molar-refractivity contribution in [2.24, 2.45) is 17.6 Å². The number of aliphatic hydroxyl groups excluding tert-OH is 3. The Kier molecular flexibility index (Phi) is 6.39. The van der Waals surface area contributed by atoms with Crippen molar-refractivity contribution in [2.45, 2.75) is 37.1 Å². The van der Waals surface area contributed by atoms with E-state index in [2.05, 4.69) is 0 Å². The first kappa shape index (κ1) is 28.1. The van der Waals surface area contributed by atoms with Gasteiger partial charge in [-0.2, -0.15) is 13.2 Å². The van der Waals surface area contributed by atoms with Gasteiger partial charge in [-0.05, 0) is 29.2 Å². The molecule has 12 heteroatoms. The number of aromatic hydroxyl groups is 1. The molecule has 5 rings (SSSR count). The van der Waals surface area contributed by atoms with Crippen molar-refractivity contribution in [2.75, 3.05) is 0 Å². The van der Waals surface area contributed by atoms with E-state index in [4.69, 9.17) is 5.73 Å². The molecule has 0 aliphatic heterocycles. The number of hydrogen-bond acceptors (Lipinski definition) is 8. The van der Waals surface area contributed by atoms with Crippen molar-refractivity contribution >= 4 is 35.4 Å². The number of benzene rings is 2. The molecule has 0 spiro atoms. The summed E-state index contributed by atoms with van der Waals surface area (Å²) in [4.78, 5) is 38.0. The number of ketones is 2. The number of phenols is 1. The number of rotatable bonds is 3. The van der Waals surface area contributed by atoms with Crippen molar-refractivity contribution in [1.82, 2.24) is 0 Å². The Morgan fingerprint density at radius 3 is 2.27 bits per heavy atom. The second-order valence-corrected chi connectivity index (χ2v) is 10.4. The van der Waals surface area contributed by atoms with Gasteiger partial charge in [-0.15, -0.1) is 0 Å². The van der Waals surface area contributed by atoms with E-state index >= 15 is 0 Å². The predicted octanol–water partition coefficient (Wildman–Crippen LogP) is 3.14. The van der Waals surface area contributed by atoms with Crippen molar-refractivity contribution in [3.05, 3.63) is 81.1 Å². The maximum atomic E-state index is 13.7. The summed E-state index contributed by atoms with van der Waals surface area (Å²) in [7, 11) is 0. The fraction of sp³-hybridized carbons (Fsp3) is 0.276. The van der Waals surface area contributed by atoms with E-state index in [1.165, 1.54) is 36.4 Å². The topological polar surface area (TPSA) is 178 Å². The minimum absolute atomic E-state index is 0.129. The second-order valence-electron chi connectivity index (χ2n) is 10.4. The fourth-order valence-electron chi connectivity index (χ4n) is 6.12. The number of amides is 1. The highest BCUT2D eigenvalue weighted by Gasteiger charge is 2.64. The van der Waals surface area contributed by atoms with Gasteiger partial charge >= 0.3 is 6.18 Å². The van der Waals surface area contributed by atoms with Gasteiger partial charge in [0.05, 0.1) is 17.2 Å². The van der Waals surface area contributed by atoms with E-state index in [1.54, 1.807) is 6.92 Å². The van der Waals surface area contributed by atoms with Crippen LogP contribution in [0.2, 0.25) is 0 Å². The first-order valence-electron chi connectivity index (χ1n) is 12.5. The zero-order valence-electron chi connectivity index (χ0n) is 21.3. The quantitative estimate of drug-likeness (QED) is 0.240. The molecule has 0 saturated heterocycles. The van der Waals surface area contributed by atoms with Gasteiger partial charge in [0, 0.05) is 29.4 Å². The number of nitrogens with two attached hydrogens (primary N) is 1. The minimum Gasteiger partial charge on any atom is -0.508 e. The van der Waals surface area contributed by atoms with Crippen LogP contribution in [0.15, 0.2) is 53.3 Å². The lowest BCUT2D eigenvalue weighted by molar-refractivity contribution is -0.160. The number of Topliss-reactive ketones (excluding diaryl/α,β-unsaturated/α-hetero) is 2. The monoisotopic (exact) mass is 571 g/mol. The Morgan fingerprint density at radius 2 is 1.68 bits per heavy atom. The molecule has 1 saturated carbocycles. The molecule has 5 atom stereocenters. The molecule has 1 amide bonds. The van der Waals surface area contributed by atoms with Gasteiger partial charge in [-0.3, -0.25) is 14.4 Å². The van der Waals surface area contributed by atoms with Gasteiger partial charge in [0.2, 0.25) is 5.78 Å². The van der Waals surface area contributed by atoms with E-state index in [-0.39, 0.29) is 11.1 Å². The summed E-state index contributed by atoms with van der Waals surface area (Å²) in [6.07, 6.45) is -4.00.